The number of ether oxygens (including phenoxy) is 4. The van der Waals surface area contributed by atoms with Crippen LogP contribution in [0.25, 0.3) is 16.0 Å². The van der Waals surface area contributed by atoms with Gasteiger partial charge < -0.3 is 24.1 Å². The molecule has 1 aliphatic heterocycles. The molecule has 0 saturated carbocycles. The molecule has 5 rings (SSSR count). The van der Waals surface area contributed by atoms with E-state index in [4.69, 9.17) is 18.9 Å². The van der Waals surface area contributed by atoms with Crippen LogP contribution in [0.4, 0.5) is 5.13 Å². The summed E-state index contributed by atoms with van der Waals surface area (Å²) >= 11 is 1.24. The molecular formula is C28H24N2O7S. The van der Waals surface area contributed by atoms with Crippen LogP contribution in [0.2, 0.25) is 0 Å². The van der Waals surface area contributed by atoms with Crippen LogP contribution in [0.1, 0.15) is 17.2 Å². The quantitative estimate of drug-likeness (QED) is 0.202. The maximum absolute atomic E-state index is 13.6. The number of methoxy groups -OCH3 is 4. The highest BCUT2D eigenvalue weighted by molar-refractivity contribution is 7.22. The van der Waals surface area contributed by atoms with Crippen molar-refractivity contribution in [3.8, 4) is 23.0 Å². The second-order valence-corrected chi connectivity index (χ2v) is 9.33. The summed E-state index contributed by atoms with van der Waals surface area (Å²) in [6.45, 7) is 0. The second kappa shape index (κ2) is 10.1. The highest BCUT2D eigenvalue weighted by atomic mass is 32.1. The van der Waals surface area contributed by atoms with Crippen LogP contribution in [0.3, 0.4) is 0 Å². The average Bonchev–Trinajstić information content (AvgIpc) is 3.49. The number of amides is 1. The van der Waals surface area contributed by atoms with E-state index in [-0.39, 0.29) is 11.3 Å². The molecule has 1 atom stereocenters. The third-order valence-electron chi connectivity index (χ3n) is 6.28. The molecule has 9 nitrogen and oxygen atoms in total. The molecule has 1 saturated heterocycles. The van der Waals surface area contributed by atoms with Crippen molar-refractivity contribution in [1.82, 2.24) is 4.98 Å². The number of fused-ring (bicyclic) bond motifs is 1. The number of aromatic nitrogens is 1. The Morgan fingerprint density at radius 2 is 1.58 bits per heavy atom. The van der Waals surface area contributed by atoms with Crippen LogP contribution in [-0.4, -0.2) is 50.2 Å². The summed E-state index contributed by atoms with van der Waals surface area (Å²) in [5.41, 5.74) is 1.43. The minimum absolute atomic E-state index is 0.0766. The minimum atomic E-state index is -1.02. The standard InChI is InChI=1S/C28H24N2O7S/c1-34-17-10-11-18-21(14-17)38-28(29-18)30-23(16-12-19(35-2)26(37-4)20(13-16)36-3)22(25(32)27(30)33)24(31)15-8-6-5-7-9-15/h5-14,23,31H,1-4H3/b24-22+/t23-/m1/s1. The maximum atomic E-state index is 13.6. The Bertz CT molecular complexity index is 1550. The number of thiazole rings is 1. The van der Waals surface area contributed by atoms with Gasteiger partial charge in [0.2, 0.25) is 5.75 Å². The van der Waals surface area contributed by atoms with Crippen molar-refractivity contribution in [2.24, 2.45) is 0 Å². The van der Waals surface area contributed by atoms with Crippen LogP contribution < -0.4 is 23.8 Å². The van der Waals surface area contributed by atoms with E-state index >= 15 is 0 Å². The van der Waals surface area contributed by atoms with Gasteiger partial charge in [0.15, 0.2) is 16.6 Å². The van der Waals surface area contributed by atoms with Gasteiger partial charge in [-0.15, -0.1) is 0 Å². The Balaban J connectivity index is 1.77. The molecule has 10 heteroatoms. The van der Waals surface area contributed by atoms with Gasteiger partial charge in [0, 0.05) is 5.56 Å². The summed E-state index contributed by atoms with van der Waals surface area (Å²) in [5, 5.41) is 11.6. The number of benzene rings is 3. The second-order valence-electron chi connectivity index (χ2n) is 8.32. The lowest BCUT2D eigenvalue weighted by atomic mass is 9.95. The van der Waals surface area contributed by atoms with Gasteiger partial charge in [0.05, 0.1) is 50.3 Å². The summed E-state index contributed by atoms with van der Waals surface area (Å²) in [6, 6.07) is 16.2. The molecule has 0 unspecified atom stereocenters. The fourth-order valence-electron chi connectivity index (χ4n) is 4.48. The number of carbonyl (C=O) groups excluding carboxylic acids is 2. The van der Waals surface area contributed by atoms with E-state index in [9.17, 15) is 14.7 Å². The number of hydrogen-bond acceptors (Lipinski definition) is 9. The minimum Gasteiger partial charge on any atom is -0.507 e. The van der Waals surface area contributed by atoms with Crippen LogP contribution in [0.15, 0.2) is 66.2 Å². The van der Waals surface area contributed by atoms with E-state index in [2.05, 4.69) is 4.98 Å². The number of hydrogen-bond donors (Lipinski definition) is 1. The van der Waals surface area contributed by atoms with Crippen molar-refractivity contribution in [2.75, 3.05) is 33.3 Å². The first-order valence-corrected chi connectivity index (χ1v) is 12.3. The van der Waals surface area contributed by atoms with Crippen molar-refractivity contribution in [3.05, 3.63) is 77.4 Å². The van der Waals surface area contributed by atoms with E-state index < -0.39 is 17.7 Å². The van der Waals surface area contributed by atoms with Crippen LogP contribution in [-0.2, 0) is 9.59 Å². The fraction of sp³-hybridized carbons (Fsp3) is 0.179. The molecule has 0 bridgehead atoms. The van der Waals surface area contributed by atoms with Crippen molar-refractivity contribution in [3.63, 3.8) is 0 Å². The zero-order chi connectivity index (χ0) is 27.0. The number of nitrogens with zero attached hydrogens (tertiary/aromatic N) is 2. The lowest BCUT2D eigenvalue weighted by molar-refractivity contribution is -0.132. The van der Waals surface area contributed by atoms with Crippen LogP contribution in [0, 0.1) is 0 Å². The molecule has 1 aromatic heterocycles. The Kier molecular flexibility index (Phi) is 6.64. The van der Waals surface area contributed by atoms with E-state index in [0.717, 1.165) is 4.70 Å². The zero-order valence-corrected chi connectivity index (χ0v) is 21.9. The number of ketones is 1. The molecular weight excluding hydrogens is 508 g/mol. The van der Waals surface area contributed by atoms with Gasteiger partial charge in [-0.05, 0) is 35.9 Å². The Morgan fingerprint density at radius 3 is 2.18 bits per heavy atom. The van der Waals surface area contributed by atoms with Crippen molar-refractivity contribution < 1.29 is 33.6 Å². The first-order chi connectivity index (χ1) is 18.4. The van der Waals surface area contributed by atoms with E-state index in [0.29, 0.717) is 44.8 Å². The van der Waals surface area contributed by atoms with Gasteiger partial charge in [0.1, 0.15) is 11.5 Å². The number of rotatable bonds is 7. The van der Waals surface area contributed by atoms with Gasteiger partial charge in [-0.2, -0.15) is 0 Å². The highest BCUT2D eigenvalue weighted by Gasteiger charge is 2.48. The first kappa shape index (κ1) is 25.1. The molecule has 1 amide bonds. The topological polar surface area (TPSA) is 107 Å². The number of anilines is 1. The summed E-state index contributed by atoms with van der Waals surface area (Å²) in [6.07, 6.45) is 0. The van der Waals surface area contributed by atoms with Crippen molar-refractivity contribution in [1.29, 1.82) is 0 Å². The maximum Gasteiger partial charge on any atom is 0.301 e. The lowest BCUT2D eigenvalue weighted by Gasteiger charge is -2.24. The molecule has 1 fully saturated rings. The highest BCUT2D eigenvalue weighted by Crippen LogP contribution is 2.48. The molecule has 1 N–H and O–H groups in total. The van der Waals surface area contributed by atoms with Crippen LogP contribution >= 0.6 is 11.3 Å². The zero-order valence-electron chi connectivity index (χ0n) is 21.1. The third kappa shape index (κ3) is 4.08. The van der Waals surface area contributed by atoms with Gasteiger partial charge in [-0.3, -0.25) is 14.5 Å². The predicted octanol–water partition coefficient (Wildman–Crippen LogP) is 4.96. The number of Topliss-reactive ketones (excluding diaryl/α,β-unsaturated/α-hetero) is 1. The van der Waals surface area contributed by atoms with Gasteiger partial charge in [-0.25, -0.2) is 4.98 Å². The monoisotopic (exact) mass is 532 g/mol. The number of aliphatic hydroxyl groups is 1. The average molecular weight is 533 g/mol. The van der Waals surface area contributed by atoms with E-state index in [1.807, 2.05) is 6.07 Å². The Morgan fingerprint density at radius 1 is 0.895 bits per heavy atom. The fourth-order valence-corrected chi connectivity index (χ4v) is 5.50. The first-order valence-electron chi connectivity index (χ1n) is 11.5. The SMILES string of the molecule is COc1ccc2nc(N3C(=O)C(=O)/C(=C(/O)c4ccccc4)[C@H]3c3cc(OC)c(OC)c(OC)c3)sc2c1. The van der Waals surface area contributed by atoms with E-state index in [1.165, 1.54) is 37.6 Å². The molecule has 194 valence electrons. The molecule has 0 aliphatic carbocycles. The van der Waals surface area contributed by atoms with Crippen LogP contribution in [0.5, 0.6) is 23.0 Å². The van der Waals surface area contributed by atoms with Gasteiger partial charge in [-0.1, -0.05) is 41.7 Å². The molecule has 2 heterocycles. The molecule has 3 aromatic carbocycles. The molecule has 4 aromatic rings. The van der Waals surface area contributed by atoms with Crippen molar-refractivity contribution in [2.45, 2.75) is 6.04 Å². The number of carbonyl (C=O) groups is 2. The molecule has 0 radical (unpaired) electrons. The Hall–Kier alpha value is -4.57. The summed E-state index contributed by atoms with van der Waals surface area (Å²) < 4.78 is 22.6. The van der Waals surface area contributed by atoms with Gasteiger partial charge >= 0.3 is 5.91 Å². The van der Waals surface area contributed by atoms with Crippen molar-refractivity contribution >= 4 is 44.1 Å². The Labute approximate surface area is 222 Å². The molecule has 38 heavy (non-hydrogen) atoms. The largest absolute Gasteiger partial charge is 0.507 e. The summed E-state index contributed by atoms with van der Waals surface area (Å²) in [5.74, 6) is -0.282. The predicted molar refractivity (Wildman–Crippen MR) is 143 cm³/mol. The summed E-state index contributed by atoms with van der Waals surface area (Å²) in [7, 11) is 6.00. The van der Waals surface area contributed by atoms with Gasteiger partial charge in [0.25, 0.3) is 5.78 Å². The smallest absolute Gasteiger partial charge is 0.301 e. The summed E-state index contributed by atoms with van der Waals surface area (Å²) in [4.78, 5) is 33.0. The lowest BCUT2D eigenvalue weighted by Crippen LogP contribution is -2.29. The number of aliphatic hydroxyl groups excluding tert-OH is 1. The normalized spacial score (nSPS) is 16.6. The molecule has 0 spiro atoms. The van der Waals surface area contributed by atoms with E-state index in [1.54, 1.807) is 61.7 Å². The third-order valence-corrected chi connectivity index (χ3v) is 7.30. The molecule has 1 aliphatic rings.